The van der Waals surface area contributed by atoms with Gasteiger partial charge in [0.1, 0.15) is 0 Å². The lowest BCUT2D eigenvalue weighted by atomic mass is 9.91. The minimum absolute atomic E-state index is 0.677. The van der Waals surface area contributed by atoms with Crippen molar-refractivity contribution >= 4 is 53.3 Å². The molecular formula is C37H22N2S. The van der Waals surface area contributed by atoms with Gasteiger partial charge in [0.25, 0.3) is 0 Å². The lowest BCUT2D eigenvalue weighted by molar-refractivity contribution is 1.18. The molecule has 0 unspecified atom stereocenters. The number of aromatic nitrogens is 1. The molecule has 8 rings (SSSR count). The second-order valence-corrected chi connectivity index (χ2v) is 11.1. The molecule has 6 aromatic carbocycles. The number of benzene rings is 6. The summed E-state index contributed by atoms with van der Waals surface area (Å²) in [6.45, 7) is 0. The van der Waals surface area contributed by atoms with E-state index in [-0.39, 0.29) is 0 Å². The molecule has 0 aliphatic carbocycles. The van der Waals surface area contributed by atoms with Crippen molar-refractivity contribution in [3.8, 4) is 34.0 Å². The molecular weight excluding hydrogens is 504 g/mol. The third-order valence-electron chi connectivity index (χ3n) is 7.86. The van der Waals surface area contributed by atoms with Crippen LogP contribution >= 0.6 is 11.3 Å². The number of rotatable bonds is 3. The van der Waals surface area contributed by atoms with Crippen molar-refractivity contribution in [3.05, 3.63) is 139 Å². The Morgan fingerprint density at radius 3 is 2.17 bits per heavy atom. The zero-order valence-electron chi connectivity index (χ0n) is 21.5. The molecule has 3 heteroatoms. The maximum atomic E-state index is 9.87. The van der Waals surface area contributed by atoms with E-state index in [0.29, 0.717) is 5.56 Å². The normalized spacial score (nSPS) is 11.5. The fourth-order valence-corrected chi connectivity index (χ4v) is 7.35. The number of thiophene rings is 1. The van der Waals surface area contributed by atoms with Gasteiger partial charge in [-0.2, -0.15) is 5.26 Å². The second-order valence-electron chi connectivity index (χ2n) is 10.0. The lowest BCUT2D eigenvalue weighted by Gasteiger charge is -2.16. The second kappa shape index (κ2) is 8.95. The molecule has 0 amide bonds. The number of nitriles is 1. The predicted molar refractivity (Wildman–Crippen MR) is 169 cm³/mol. The molecule has 0 aliphatic rings. The topological polar surface area (TPSA) is 28.7 Å². The minimum atomic E-state index is 0.677. The van der Waals surface area contributed by atoms with Crippen LogP contribution in [-0.4, -0.2) is 4.57 Å². The third-order valence-corrected chi connectivity index (χ3v) is 9.07. The van der Waals surface area contributed by atoms with E-state index >= 15 is 0 Å². The van der Waals surface area contributed by atoms with E-state index in [4.69, 9.17) is 0 Å². The van der Waals surface area contributed by atoms with Crippen LogP contribution in [0.4, 0.5) is 0 Å². The Hall–Kier alpha value is -5.17. The summed E-state index contributed by atoms with van der Waals surface area (Å²) in [5, 5.41) is 15.1. The molecule has 0 radical (unpaired) electrons. The fourth-order valence-electron chi connectivity index (χ4n) is 6.09. The molecule has 0 saturated heterocycles. The quantitative estimate of drug-likeness (QED) is 0.225. The van der Waals surface area contributed by atoms with Crippen LogP contribution in [0.3, 0.4) is 0 Å². The van der Waals surface area contributed by atoms with E-state index in [9.17, 15) is 5.26 Å². The van der Waals surface area contributed by atoms with Gasteiger partial charge in [-0.15, -0.1) is 11.3 Å². The molecule has 2 aromatic heterocycles. The van der Waals surface area contributed by atoms with E-state index in [2.05, 4.69) is 114 Å². The molecule has 0 N–H and O–H groups in total. The lowest BCUT2D eigenvalue weighted by Crippen LogP contribution is -1.96. The SMILES string of the molecule is N#Cc1ccccc1-c1ccc(-n2c3ccccc3c3c4sc5ccccc5c4ccc32)cc1-c1ccccc1. The zero-order chi connectivity index (χ0) is 26.6. The Labute approximate surface area is 235 Å². The van der Waals surface area contributed by atoms with Crippen LogP contribution in [-0.2, 0) is 0 Å². The molecule has 8 aromatic rings. The highest BCUT2D eigenvalue weighted by atomic mass is 32.1. The van der Waals surface area contributed by atoms with Crippen molar-refractivity contribution in [3.63, 3.8) is 0 Å². The monoisotopic (exact) mass is 526 g/mol. The van der Waals surface area contributed by atoms with E-state index in [1.807, 2.05) is 41.7 Å². The Balaban J connectivity index is 1.46. The average Bonchev–Trinajstić information content (AvgIpc) is 3.57. The molecule has 0 saturated carbocycles. The van der Waals surface area contributed by atoms with Crippen molar-refractivity contribution in [1.29, 1.82) is 5.26 Å². The molecule has 0 atom stereocenters. The molecule has 186 valence electrons. The van der Waals surface area contributed by atoms with E-state index in [1.54, 1.807) is 0 Å². The highest BCUT2D eigenvalue weighted by molar-refractivity contribution is 7.26. The Morgan fingerprint density at radius 2 is 1.30 bits per heavy atom. The maximum Gasteiger partial charge on any atom is 0.0998 e. The van der Waals surface area contributed by atoms with Crippen LogP contribution in [0.1, 0.15) is 5.56 Å². The summed E-state index contributed by atoms with van der Waals surface area (Å²) in [6.07, 6.45) is 0. The molecule has 0 spiro atoms. The molecule has 2 heterocycles. The van der Waals surface area contributed by atoms with E-state index < -0.39 is 0 Å². The van der Waals surface area contributed by atoms with Crippen LogP contribution in [0.2, 0.25) is 0 Å². The highest BCUT2D eigenvalue weighted by Crippen LogP contribution is 2.44. The summed E-state index contributed by atoms with van der Waals surface area (Å²) in [6, 6.07) is 49.3. The number of para-hydroxylation sites is 1. The van der Waals surface area contributed by atoms with Gasteiger partial charge >= 0.3 is 0 Å². The Bertz CT molecular complexity index is 2280. The van der Waals surface area contributed by atoms with Crippen LogP contribution in [0.5, 0.6) is 0 Å². The van der Waals surface area contributed by atoms with Gasteiger partial charge in [-0.1, -0.05) is 97.1 Å². The van der Waals surface area contributed by atoms with E-state index in [1.165, 1.54) is 42.0 Å². The van der Waals surface area contributed by atoms with Crippen molar-refractivity contribution in [2.24, 2.45) is 0 Å². The summed E-state index contributed by atoms with van der Waals surface area (Å²) in [5.41, 5.74) is 8.40. The molecule has 0 bridgehead atoms. The van der Waals surface area contributed by atoms with E-state index in [0.717, 1.165) is 27.9 Å². The molecule has 0 aliphatic heterocycles. The van der Waals surface area contributed by atoms with Crippen molar-refractivity contribution in [2.75, 3.05) is 0 Å². The first kappa shape index (κ1) is 22.8. The van der Waals surface area contributed by atoms with Crippen LogP contribution in [0.15, 0.2) is 133 Å². The zero-order valence-corrected chi connectivity index (χ0v) is 22.3. The van der Waals surface area contributed by atoms with Gasteiger partial charge < -0.3 is 4.57 Å². The minimum Gasteiger partial charge on any atom is -0.309 e. The summed E-state index contributed by atoms with van der Waals surface area (Å²) in [5.74, 6) is 0. The maximum absolute atomic E-state index is 9.87. The first-order chi connectivity index (χ1) is 19.8. The smallest absolute Gasteiger partial charge is 0.0998 e. The molecule has 40 heavy (non-hydrogen) atoms. The van der Waals surface area contributed by atoms with Crippen molar-refractivity contribution in [1.82, 2.24) is 4.57 Å². The number of nitrogens with zero attached hydrogens (tertiary/aromatic N) is 2. The van der Waals surface area contributed by atoms with Gasteiger partial charge in [0.15, 0.2) is 0 Å². The summed E-state index contributed by atoms with van der Waals surface area (Å²) < 4.78 is 5.03. The first-order valence-electron chi connectivity index (χ1n) is 13.3. The molecule has 0 fully saturated rings. The fraction of sp³-hybridized carbons (Fsp3) is 0. The Morgan fingerprint density at radius 1 is 0.550 bits per heavy atom. The van der Waals surface area contributed by atoms with Crippen molar-refractivity contribution in [2.45, 2.75) is 0 Å². The number of hydrogen-bond donors (Lipinski definition) is 0. The number of hydrogen-bond acceptors (Lipinski definition) is 2. The predicted octanol–water partition coefficient (Wildman–Crippen LogP) is 10.4. The van der Waals surface area contributed by atoms with Crippen LogP contribution < -0.4 is 0 Å². The van der Waals surface area contributed by atoms with Gasteiger partial charge in [0.05, 0.1) is 22.7 Å². The standard InChI is InChI=1S/C37H22N2S/c38-23-25-12-4-5-13-27(25)28-19-18-26(22-32(28)24-10-2-1-3-11-24)39-33-16-8-6-15-31(33)36-34(39)21-20-30-29-14-7-9-17-35(29)40-37(30)36/h1-22H. The van der Waals surface area contributed by atoms with Gasteiger partial charge in [-0.25, -0.2) is 0 Å². The summed E-state index contributed by atoms with van der Waals surface area (Å²) in [4.78, 5) is 0. The largest absolute Gasteiger partial charge is 0.309 e. The average molecular weight is 527 g/mol. The Kier molecular flexibility index (Phi) is 5.10. The van der Waals surface area contributed by atoms with Gasteiger partial charge in [-0.05, 0) is 53.1 Å². The van der Waals surface area contributed by atoms with Crippen molar-refractivity contribution < 1.29 is 0 Å². The van der Waals surface area contributed by atoms with Gasteiger partial charge in [-0.3, -0.25) is 0 Å². The van der Waals surface area contributed by atoms with Gasteiger partial charge in [0.2, 0.25) is 0 Å². The van der Waals surface area contributed by atoms with Crippen LogP contribution in [0.25, 0.3) is 69.9 Å². The highest BCUT2D eigenvalue weighted by Gasteiger charge is 2.19. The number of fused-ring (bicyclic) bond motifs is 7. The molecule has 2 nitrogen and oxygen atoms in total. The first-order valence-corrected chi connectivity index (χ1v) is 14.2. The summed E-state index contributed by atoms with van der Waals surface area (Å²) in [7, 11) is 0. The summed E-state index contributed by atoms with van der Waals surface area (Å²) >= 11 is 1.87. The third kappa shape index (κ3) is 3.34. The van der Waals surface area contributed by atoms with Crippen LogP contribution in [0, 0.1) is 11.3 Å². The van der Waals surface area contributed by atoms with Gasteiger partial charge in [0, 0.05) is 42.2 Å².